The number of aryl methyl sites for hydroxylation is 1. The minimum Gasteiger partial charge on any atom is -0.348 e. The van der Waals surface area contributed by atoms with Gasteiger partial charge in [-0.15, -0.1) is 0 Å². The van der Waals surface area contributed by atoms with Crippen LogP contribution in [0.3, 0.4) is 0 Å². The summed E-state index contributed by atoms with van der Waals surface area (Å²) in [7, 11) is -3.61. The number of rotatable bonds is 5. The number of benzene rings is 1. The summed E-state index contributed by atoms with van der Waals surface area (Å²) in [4.78, 5) is 12.7. The highest BCUT2D eigenvalue weighted by atomic mass is 32.2. The van der Waals surface area contributed by atoms with E-state index in [1.165, 1.54) is 6.07 Å². The highest BCUT2D eigenvalue weighted by molar-refractivity contribution is 7.89. The van der Waals surface area contributed by atoms with Crippen molar-refractivity contribution in [3.63, 3.8) is 0 Å². The Morgan fingerprint density at radius 1 is 1.12 bits per heavy atom. The Labute approximate surface area is 149 Å². The standard InChI is InChI=1S/C18H27N3O3S/c1-13-8-9-14(18(22)20-16-7-4-10-19-12-16)11-17(13)25(23,24)21-15-5-2-3-6-15/h8-9,11,15-16,19,21H,2-7,10,12H2,1H3,(H,20,22). The van der Waals surface area contributed by atoms with Crippen molar-refractivity contribution in [2.75, 3.05) is 13.1 Å². The first-order valence-corrected chi connectivity index (χ1v) is 10.6. The van der Waals surface area contributed by atoms with E-state index in [0.717, 1.165) is 51.6 Å². The fourth-order valence-electron chi connectivity index (χ4n) is 3.60. The van der Waals surface area contributed by atoms with E-state index in [2.05, 4.69) is 15.4 Å². The van der Waals surface area contributed by atoms with Crippen LogP contribution in [0.2, 0.25) is 0 Å². The van der Waals surface area contributed by atoms with Gasteiger partial charge in [0.25, 0.3) is 5.91 Å². The van der Waals surface area contributed by atoms with Crippen molar-refractivity contribution in [1.29, 1.82) is 0 Å². The lowest BCUT2D eigenvalue weighted by atomic mass is 10.1. The Morgan fingerprint density at radius 2 is 1.84 bits per heavy atom. The highest BCUT2D eigenvalue weighted by Gasteiger charge is 2.25. The summed E-state index contributed by atoms with van der Waals surface area (Å²) in [6.45, 7) is 3.49. The van der Waals surface area contributed by atoms with Crippen LogP contribution < -0.4 is 15.4 Å². The summed E-state index contributed by atoms with van der Waals surface area (Å²) in [5, 5.41) is 6.25. The van der Waals surface area contributed by atoms with Gasteiger partial charge in [0, 0.05) is 24.2 Å². The normalized spacial score (nSPS) is 22.0. The lowest BCUT2D eigenvalue weighted by Gasteiger charge is -2.24. The maximum absolute atomic E-state index is 12.7. The molecule has 1 saturated carbocycles. The first-order valence-electron chi connectivity index (χ1n) is 9.10. The molecule has 2 aliphatic rings. The minimum atomic E-state index is -3.61. The predicted octanol–water partition coefficient (Wildman–Crippen LogP) is 1.70. The van der Waals surface area contributed by atoms with E-state index in [9.17, 15) is 13.2 Å². The molecule has 25 heavy (non-hydrogen) atoms. The van der Waals surface area contributed by atoms with Gasteiger partial charge in [0.05, 0.1) is 4.90 Å². The monoisotopic (exact) mass is 365 g/mol. The molecule has 1 aliphatic heterocycles. The van der Waals surface area contributed by atoms with Gasteiger partial charge in [-0.2, -0.15) is 0 Å². The van der Waals surface area contributed by atoms with Crippen molar-refractivity contribution in [1.82, 2.24) is 15.4 Å². The largest absolute Gasteiger partial charge is 0.348 e. The Bertz CT molecular complexity index is 721. The molecule has 1 aliphatic carbocycles. The SMILES string of the molecule is Cc1ccc(C(=O)NC2CCCNC2)cc1S(=O)(=O)NC1CCCC1. The van der Waals surface area contributed by atoms with Gasteiger partial charge in [-0.3, -0.25) is 4.79 Å². The molecular formula is C18H27N3O3S. The van der Waals surface area contributed by atoms with E-state index in [-0.39, 0.29) is 22.9 Å². The molecule has 0 aromatic heterocycles. The van der Waals surface area contributed by atoms with Gasteiger partial charge < -0.3 is 10.6 Å². The first kappa shape index (κ1) is 18.4. The molecule has 1 saturated heterocycles. The van der Waals surface area contributed by atoms with Crippen molar-refractivity contribution in [2.24, 2.45) is 0 Å². The summed E-state index contributed by atoms with van der Waals surface area (Å²) in [6, 6.07) is 5.00. The van der Waals surface area contributed by atoms with Crippen LogP contribution in [-0.2, 0) is 10.0 Å². The van der Waals surface area contributed by atoms with Crippen molar-refractivity contribution in [2.45, 2.75) is 62.4 Å². The molecule has 138 valence electrons. The molecule has 1 heterocycles. The minimum absolute atomic E-state index is 0.00944. The van der Waals surface area contributed by atoms with Crippen LogP contribution in [0.5, 0.6) is 0 Å². The van der Waals surface area contributed by atoms with Gasteiger partial charge in [0.1, 0.15) is 0 Å². The molecule has 1 atom stereocenters. The van der Waals surface area contributed by atoms with E-state index in [4.69, 9.17) is 0 Å². The molecule has 1 aromatic rings. The number of nitrogens with one attached hydrogen (secondary N) is 3. The third-order valence-corrected chi connectivity index (χ3v) is 6.71. The lowest BCUT2D eigenvalue weighted by Crippen LogP contribution is -2.45. The second-order valence-electron chi connectivity index (χ2n) is 7.10. The van der Waals surface area contributed by atoms with Gasteiger partial charge in [-0.05, 0) is 56.8 Å². The predicted molar refractivity (Wildman–Crippen MR) is 97.1 cm³/mol. The summed E-state index contributed by atoms with van der Waals surface area (Å²) in [5.74, 6) is -0.217. The van der Waals surface area contributed by atoms with Crippen LogP contribution >= 0.6 is 0 Å². The van der Waals surface area contributed by atoms with E-state index in [1.807, 2.05) is 0 Å². The Balaban J connectivity index is 1.76. The Kier molecular flexibility index (Phi) is 5.76. The van der Waals surface area contributed by atoms with Crippen LogP contribution in [0.15, 0.2) is 23.1 Å². The van der Waals surface area contributed by atoms with E-state index in [1.54, 1.807) is 19.1 Å². The zero-order chi connectivity index (χ0) is 17.9. The zero-order valence-corrected chi connectivity index (χ0v) is 15.5. The molecule has 2 fully saturated rings. The van der Waals surface area contributed by atoms with Crippen molar-refractivity contribution >= 4 is 15.9 Å². The second kappa shape index (κ2) is 7.85. The maximum Gasteiger partial charge on any atom is 0.251 e. The molecule has 7 heteroatoms. The second-order valence-corrected chi connectivity index (χ2v) is 8.78. The number of carbonyl (C=O) groups is 1. The molecular weight excluding hydrogens is 338 g/mol. The summed E-state index contributed by atoms with van der Waals surface area (Å²) in [5.41, 5.74) is 1.05. The third-order valence-electron chi connectivity index (χ3n) is 5.05. The summed E-state index contributed by atoms with van der Waals surface area (Å²) in [6.07, 6.45) is 5.86. The van der Waals surface area contributed by atoms with Gasteiger partial charge in [-0.25, -0.2) is 13.1 Å². The molecule has 0 bridgehead atoms. The van der Waals surface area contributed by atoms with Crippen LogP contribution in [-0.4, -0.2) is 39.5 Å². The maximum atomic E-state index is 12.7. The molecule has 1 aromatic carbocycles. The number of amides is 1. The van der Waals surface area contributed by atoms with Crippen molar-refractivity contribution < 1.29 is 13.2 Å². The number of hydrogen-bond donors (Lipinski definition) is 3. The van der Waals surface area contributed by atoms with E-state index in [0.29, 0.717) is 11.1 Å². The third kappa shape index (κ3) is 4.59. The first-order chi connectivity index (χ1) is 12.0. The summed E-state index contributed by atoms with van der Waals surface area (Å²) < 4.78 is 28.2. The molecule has 0 spiro atoms. The zero-order valence-electron chi connectivity index (χ0n) is 14.7. The highest BCUT2D eigenvalue weighted by Crippen LogP contribution is 2.22. The van der Waals surface area contributed by atoms with Crippen molar-refractivity contribution in [3.05, 3.63) is 29.3 Å². The average Bonchev–Trinajstić information content (AvgIpc) is 3.08. The van der Waals surface area contributed by atoms with Crippen LogP contribution in [0, 0.1) is 6.92 Å². The number of carbonyl (C=O) groups excluding carboxylic acids is 1. The van der Waals surface area contributed by atoms with Crippen LogP contribution in [0.4, 0.5) is 0 Å². The number of hydrogen-bond acceptors (Lipinski definition) is 4. The Hall–Kier alpha value is -1.44. The molecule has 0 radical (unpaired) electrons. The number of sulfonamides is 1. The molecule has 6 nitrogen and oxygen atoms in total. The smallest absolute Gasteiger partial charge is 0.251 e. The van der Waals surface area contributed by atoms with Crippen LogP contribution in [0.1, 0.15) is 54.4 Å². The fraction of sp³-hybridized carbons (Fsp3) is 0.611. The molecule has 1 amide bonds. The molecule has 3 N–H and O–H groups in total. The van der Waals surface area contributed by atoms with Gasteiger partial charge in [0.2, 0.25) is 10.0 Å². The molecule has 3 rings (SSSR count). The number of piperidine rings is 1. The topological polar surface area (TPSA) is 87.3 Å². The van der Waals surface area contributed by atoms with E-state index < -0.39 is 10.0 Å². The lowest BCUT2D eigenvalue weighted by molar-refractivity contribution is 0.0930. The van der Waals surface area contributed by atoms with Gasteiger partial charge in [-0.1, -0.05) is 18.9 Å². The Morgan fingerprint density at radius 3 is 2.52 bits per heavy atom. The quantitative estimate of drug-likeness (QED) is 0.741. The fourth-order valence-corrected chi connectivity index (χ4v) is 5.18. The van der Waals surface area contributed by atoms with Gasteiger partial charge >= 0.3 is 0 Å². The van der Waals surface area contributed by atoms with Crippen molar-refractivity contribution in [3.8, 4) is 0 Å². The average molecular weight is 365 g/mol. The molecule has 1 unspecified atom stereocenters. The van der Waals surface area contributed by atoms with Crippen LogP contribution in [0.25, 0.3) is 0 Å². The van der Waals surface area contributed by atoms with Gasteiger partial charge in [0.15, 0.2) is 0 Å². The van der Waals surface area contributed by atoms with E-state index >= 15 is 0 Å². The summed E-state index contributed by atoms with van der Waals surface area (Å²) >= 11 is 0.